The van der Waals surface area contributed by atoms with Crippen molar-refractivity contribution in [2.45, 2.75) is 26.9 Å². The number of hydrogen-bond acceptors (Lipinski definition) is 1. The molecular formula is C21H21IOSe. The molecule has 0 amide bonds. The first-order chi connectivity index (χ1) is 11.6. The zero-order valence-corrected chi connectivity index (χ0v) is 18.0. The van der Waals surface area contributed by atoms with Gasteiger partial charge < -0.3 is 0 Å². The molecule has 0 saturated heterocycles. The van der Waals surface area contributed by atoms with Crippen LogP contribution in [0.15, 0.2) is 54.6 Å². The Morgan fingerprint density at radius 3 is 2.12 bits per heavy atom. The van der Waals surface area contributed by atoms with Crippen molar-refractivity contribution in [1.29, 1.82) is 0 Å². The Labute approximate surface area is 164 Å². The Morgan fingerprint density at radius 2 is 1.54 bits per heavy atom. The normalized spacial score (nSPS) is 12.3. The molecule has 0 fully saturated rings. The molecule has 3 aromatic rings. The molecule has 1 unspecified atom stereocenters. The molecule has 0 aliphatic rings. The van der Waals surface area contributed by atoms with E-state index in [0.29, 0.717) is 14.5 Å². The van der Waals surface area contributed by atoms with Crippen LogP contribution in [-0.2, 0) is 4.74 Å². The maximum atomic E-state index is 6.12. The summed E-state index contributed by atoms with van der Waals surface area (Å²) in [6.07, 6.45) is 0.0725. The first-order valence-electron chi connectivity index (χ1n) is 8.13. The third kappa shape index (κ3) is 4.02. The van der Waals surface area contributed by atoms with E-state index in [0.717, 1.165) is 6.61 Å². The molecule has 3 heteroatoms. The molecule has 0 radical (unpaired) electrons. The number of hydrogen-bond donors (Lipinski definition) is 0. The molecule has 0 spiro atoms. The van der Waals surface area contributed by atoms with Crippen molar-refractivity contribution < 1.29 is 4.74 Å². The summed E-state index contributed by atoms with van der Waals surface area (Å²) in [7, 11) is 0. The number of halogens is 1. The average Bonchev–Trinajstić information content (AvgIpc) is 2.96. The standard InChI is InChI=1S/C21H21IOSe/c1-4-23-20(16-9-5-14(2)6-10-16)19-13-18(22)21(24-19)17-11-7-15(3)8-12-17/h5-13,20H,4H2,1-3H3. The van der Waals surface area contributed by atoms with Gasteiger partial charge in [-0.25, -0.2) is 0 Å². The van der Waals surface area contributed by atoms with Crippen molar-refractivity contribution in [3.05, 3.63) is 79.3 Å². The van der Waals surface area contributed by atoms with Crippen LogP contribution in [0.1, 0.15) is 34.2 Å². The van der Waals surface area contributed by atoms with Crippen LogP contribution < -0.4 is 0 Å². The predicted octanol–water partition coefficient (Wildman–Crippen LogP) is 5.76. The van der Waals surface area contributed by atoms with E-state index in [-0.39, 0.29) is 6.10 Å². The first-order valence-corrected chi connectivity index (χ1v) is 10.9. The van der Waals surface area contributed by atoms with Gasteiger partial charge >= 0.3 is 165 Å². The van der Waals surface area contributed by atoms with Crippen molar-refractivity contribution in [1.82, 2.24) is 0 Å². The average molecular weight is 495 g/mol. The van der Waals surface area contributed by atoms with Gasteiger partial charge in [-0.2, -0.15) is 0 Å². The molecule has 1 aromatic heterocycles. The number of aryl methyl sites for hydroxylation is 2. The second-order valence-electron chi connectivity index (χ2n) is 5.94. The molecule has 3 rings (SSSR count). The van der Waals surface area contributed by atoms with E-state index < -0.39 is 0 Å². The van der Waals surface area contributed by atoms with Gasteiger partial charge in [0.25, 0.3) is 0 Å². The SMILES string of the molecule is CCOC(c1ccc(C)cc1)c1cc(I)c(-c2ccc(C)cc2)[se]1. The zero-order chi connectivity index (χ0) is 17.1. The van der Waals surface area contributed by atoms with Gasteiger partial charge in [0, 0.05) is 0 Å². The molecule has 0 N–H and O–H groups in total. The molecule has 0 aliphatic heterocycles. The molecule has 0 saturated carbocycles. The number of rotatable bonds is 5. The van der Waals surface area contributed by atoms with E-state index in [1.54, 1.807) is 0 Å². The summed E-state index contributed by atoms with van der Waals surface area (Å²) in [6.45, 7) is 7.05. The quantitative estimate of drug-likeness (QED) is 0.323. The second kappa shape index (κ2) is 8.01. The zero-order valence-electron chi connectivity index (χ0n) is 14.2. The minimum atomic E-state index is 0.0725. The van der Waals surface area contributed by atoms with E-state index in [1.165, 1.54) is 34.7 Å². The molecule has 0 bridgehead atoms. The summed E-state index contributed by atoms with van der Waals surface area (Å²) in [6, 6.07) is 19.9. The Morgan fingerprint density at radius 1 is 0.958 bits per heavy atom. The van der Waals surface area contributed by atoms with Crippen LogP contribution in [0.3, 0.4) is 0 Å². The van der Waals surface area contributed by atoms with Gasteiger partial charge in [0.1, 0.15) is 0 Å². The van der Waals surface area contributed by atoms with E-state index in [9.17, 15) is 0 Å². The van der Waals surface area contributed by atoms with Crippen LogP contribution in [-0.4, -0.2) is 21.1 Å². The molecule has 2 aromatic carbocycles. The molecule has 24 heavy (non-hydrogen) atoms. The van der Waals surface area contributed by atoms with Crippen molar-refractivity contribution in [2.75, 3.05) is 6.61 Å². The second-order valence-corrected chi connectivity index (χ2v) is 9.37. The molecule has 124 valence electrons. The fraction of sp³-hybridized carbons (Fsp3) is 0.238. The van der Waals surface area contributed by atoms with Gasteiger partial charge in [-0.1, -0.05) is 0 Å². The Hall–Kier alpha value is -0.871. The third-order valence-electron chi connectivity index (χ3n) is 3.99. The van der Waals surface area contributed by atoms with E-state index >= 15 is 0 Å². The number of ether oxygens (including phenoxy) is 1. The summed E-state index contributed by atoms with van der Waals surface area (Å²) >= 11 is 2.77. The molecule has 1 heterocycles. The Bertz CT molecular complexity index is 803. The summed E-state index contributed by atoms with van der Waals surface area (Å²) in [4.78, 5) is 0. The summed E-state index contributed by atoms with van der Waals surface area (Å²) < 4.78 is 10.3. The van der Waals surface area contributed by atoms with Crippen molar-refractivity contribution in [2.24, 2.45) is 0 Å². The Kier molecular flexibility index (Phi) is 5.98. The molecule has 1 atom stereocenters. The van der Waals surface area contributed by atoms with Crippen LogP contribution in [0.2, 0.25) is 0 Å². The fourth-order valence-electron chi connectivity index (χ4n) is 2.67. The van der Waals surface area contributed by atoms with Crippen LogP contribution in [0.5, 0.6) is 0 Å². The molecule has 1 nitrogen and oxygen atoms in total. The van der Waals surface area contributed by atoms with Crippen molar-refractivity contribution in [3.8, 4) is 10.0 Å². The van der Waals surface area contributed by atoms with E-state index in [2.05, 4.69) is 98.0 Å². The van der Waals surface area contributed by atoms with Gasteiger partial charge in [-0.15, -0.1) is 0 Å². The van der Waals surface area contributed by atoms with Gasteiger partial charge in [0.15, 0.2) is 0 Å². The van der Waals surface area contributed by atoms with Crippen LogP contribution >= 0.6 is 22.6 Å². The van der Waals surface area contributed by atoms with Gasteiger partial charge in [-0.3, -0.25) is 0 Å². The van der Waals surface area contributed by atoms with E-state index in [4.69, 9.17) is 4.74 Å². The van der Waals surface area contributed by atoms with Crippen LogP contribution in [0.25, 0.3) is 10.0 Å². The van der Waals surface area contributed by atoms with Crippen LogP contribution in [0.4, 0.5) is 0 Å². The van der Waals surface area contributed by atoms with Crippen molar-refractivity contribution in [3.63, 3.8) is 0 Å². The van der Waals surface area contributed by atoms with Crippen molar-refractivity contribution >= 4 is 37.1 Å². The van der Waals surface area contributed by atoms with Gasteiger partial charge in [-0.05, 0) is 0 Å². The third-order valence-corrected chi connectivity index (χ3v) is 8.24. The summed E-state index contributed by atoms with van der Waals surface area (Å²) in [5.41, 5.74) is 5.19. The minimum absolute atomic E-state index is 0.0725. The topological polar surface area (TPSA) is 9.23 Å². The first kappa shape index (κ1) is 17.9. The van der Waals surface area contributed by atoms with E-state index in [1.807, 2.05) is 0 Å². The van der Waals surface area contributed by atoms with Gasteiger partial charge in [0.2, 0.25) is 0 Å². The maximum absolute atomic E-state index is 6.12. The Balaban J connectivity index is 1.98. The van der Waals surface area contributed by atoms with Crippen LogP contribution in [0, 0.1) is 17.4 Å². The predicted molar refractivity (Wildman–Crippen MR) is 111 cm³/mol. The van der Waals surface area contributed by atoms with Gasteiger partial charge in [0.05, 0.1) is 0 Å². The fourth-order valence-corrected chi connectivity index (χ4v) is 6.74. The monoisotopic (exact) mass is 496 g/mol. The number of benzene rings is 2. The summed E-state index contributed by atoms with van der Waals surface area (Å²) in [5.74, 6) is 0. The molecular weight excluding hydrogens is 474 g/mol. The summed E-state index contributed by atoms with van der Waals surface area (Å²) in [5, 5.41) is 0. The molecule has 0 aliphatic carbocycles.